The van der Waals surface area contributed by atoms with Crippen molar-refractivity contribution in [3.8, 4) is 0 Å². The Labute approximate surface area is 272 Å². The van der Waals surface area contributed by atoms with E-state index in [0.717, 1.165) is 28.0 Å². The maximum atomic E-state index is 12.9. The van der Waals surface area contributed by atoms with Gasteiger partial charge in [0, 0.05) is 36.1 Å². The number of oxime groups is 1. The van der Waals surface area contributed by atoms with Crippen LogP contribution in [0.4, 0.5) is 5.13 Å². The second-order valence-corrected chi connectivity index (χ2v) is 10.3. The number of rotatable bonds is 7. The first kappa shape index (κ1) is 33.0. The number of nitrogen functional groups attached to an aromatic ring is 1. The van der Waals surface area contributed by atoms with Gasteiger partial charge in [-0.15, -0.1) is 23.1 Å². The molecule has 4 rings (SSSR count). The summed E-state index contributed by atoms with van der Waals surface area (Å²) in [6.07, 6.45) is -1.71. The zero-order chi connectivity index (χ0) is 26.1. The molecule has 0 bridgehead atoms. The fraction of sp³-hybridized carbons (Fsp3) is 0.389. The number of carboxylic acid groups (broad SMARTS) is 1. The number of aromatic nitrogens is 1. The number of amides is 2. The number of nitrogens with zero attached hydrogens (tertiary/aromatic N) is 6. The van der Waals surface area contributed by atoms with E-state index in [-0.39, 0.29) is 98.0 Å². The number of β-lactam (4-membered cyclic amide) rings is 1. The predicted octanol–water partition coefficient (Wildman–Crippen LogP) is -8.78. The first-order chi connectivity index (χ1) is 17.1. The number of amidine groups is 1. The van der Waals surface area contributed by atoms with Gasteiger partial charge in [0.15, 0.2) is 16.3 Å². The fourth-order valence-corrected chi connectivity index (χ4v) is 6.37. The van der Waals surface area contributed by atoms with Gasteiger partial charge < -0.3 is 25.9 Å². The Morgan fingerprint density at radius 1 is 1.42 bits per heavy atom. The van der Waals surface area contributed by atoms with E-state index < -0.39 is 41.3 Å². The van der Waals surface area contributed by atoms with Crippen molar-refractivity contribution in [3.05, 3.63) is 22.3 Å². The van der Waals surface area contributed by atoms with Crippen LogP contribution in [0, 0.1) is 0 Å². The maximum absolute atomic E-state index is 12.9. The summed E-state index contributed by atoms with van der Waals surface area (Å²) < 4.78 is 0. The number of aliphatic carboxylic acids is 1. The number of aliphatic imine (C=N–C) groups is 2. The van der Waals surface area contributed by atoms with Crippen LogP contribution >= 0.6 is 34.9 Å². The maximum Gasteiger partial charge on any atom is 1.00 e. The molecule has 1 aromatic rings. The van der Waals surface area contributed by atoms with Gasteiger partial charge in [0.2, 0.25) is 5.91 Å². The van der Waals surface area contributed by atoms with Crippen LogP contribution in [-0.2, 0) is 19.2 Å². The third kappa shape index (κ3) is 6.74. The van der Waals surface area contributed by atoms with Gasteiger partial charge in [0.25, 0.3) is 5.91 Å². The number of carboxylic acids is 1. The third-order valence-corrected chi connectivity index (χ3v) is 8.15. The average molecular weight is 601 g/mol. The van der Waals surface area contributed by atoms with Crippen LogP contribution in [0.5, 0.6) is 0 Å². The molecule has 192 valence electrons. The Balaban J connectivity index is 0.00000253. The molecule has 3 atom stereocenters. The van der Waals surface area contributed by atoms with Crippen molar-refractivity contribution in [1.29, 1.82) is 0 Å². The molecule has 1 aromatic heterocycles. The first-order valence-corrected chi connectivity index (χ1v) is 12.9. The average Bonchev–Trinajstić information content (AvgIpc) is 3.27. The van der Waals surface area contributed by atoms with Crippen LogP contribution < -0.4 is 80.5 Å². The summed E-state index contributed by atoms with van der Waals surface area (Å²) >= 11 is 3.38. The molecule has 0 radical (unpaired) electrons. The zero-order valence-electron chi connectivity index (χ0n) is 20.6. The quantitative estimate of drug-likeness (QED) is 0.0871. The van der Waals surface area contributed by atoms with Crippen molar-refractivity contribution in [3.63, 3.8) is 0 Å². The molecule has 0 saturated carbocycles. The number of carbonyl (C=O) groups excluding carboxylic acids is 2. The minimum absolute atomic E-state index is 0. The Hall–Kier alpha value is -1.19. The second-order valence-electron chi connectivity index (χ2n) is 7.33. The van der Waals surface area contributed by atoms with Crippen molar-refractivity contribution in [2.24, 2.45) is 15.1 Å². The number of fused-ring (bicyclic) bond motifs is 1. The van der Waals surface area contributed by atoms with Crippen molar-refractivity contribution in [1.82, 2.24) is 20.3 Å². The number of carbonyl (C=O) groups is 3. The van der Waals surface area contributed by atoms with Gasteiger partial charge >= 0.3 is 65.1 Å². The predicted molar refractivity (Wildman–Crippen MR) is 129 cm³/mol. The summed E-state index contributed by atoms with van der Waals surface area (Å²) in [7, 11) is 2.74. The molecule has 2 amide bonds. The number of hydrogen-bond acceptors (Lipinski definition) is 15. The van der Waals surface area contributed by atoms with E-state index in [1.54, 1.807) is 0 Å². The number of thiazole rings is 1. The molecular weight excluding hydrogens is 582 g/mol. The van der Waals surface area contributed by atoms with Gasteiger partial charge in [0.05, 0.1) is 0 Å². The molecule has 0 aromatic carbocycles. The number of anilines is 1. The van der Waals surface area contributed by atoms with Crippen LogP contribution in [0.3, 0.4) is 0 Å². The zero-order valence-corrected chi connectivity index (χ0v) is 27.1. The number of hydrazine groups is 1. The SMILES string of the molecule is CO/N=C(/C([O-])=N[C@@H]1C(=O)N2C(C(=O)O)=C(CSC3=NC(=O)C([O-])NN3C)CS[C@H]12)c1csc(N)n1.[Na+].[Na+]. The summed E-state index contributed by atoms with van der Waals surface area (Å²) in [6, 6.07) is -1.12. The molecule has 15 nitrogen and oxygen atoms in total. The molecule has 4 N–H and O–H groups in total. The Kier molecular flexibility index (Phi) is 12.1. The molecular formula is C18H18N8Na2O7S3. The first-order valence-electron chi connectivity index (χ1n) is 10.0. The normalized spacial score (nSPS) is 23.7. The van der Waals surface area contributed by atoms with Crippen LogP contribution in [0.2, 0.25) is 0 Å². The van der Waals surface area contributed by atoms with E-state index >= 15 is 0 Å². The molecule has 1 saturated heterocycles. The van der Waals surface area contributed by atoms with E-state index in [1.807, 2.05) is 0 Å². The summed E-state index contributed by atoms with van der Waals surface area (Å²) in [4.78, 5) is 54.0. The summed E-state index contributed by atoms with van der Waals surface area (Å²) in [5, 5.41) is 40.2. The van der Waals surface area contributed by atoms with Crippen LogP contribution in [-0.4, -0.2) is 97.9 Å². The third-order valence-electron chi connectivity index (χ3n) is 5.03. The van der Waals surface area contributed by atoms with E-state index in [2.05, 4.69) is 25.6 Å². The molecule has 1 unspecified atom stereocenters. The van der Waals surface area contributed by atoms with Crippen molar-refractivity contribution >= 4 is 74.6 Å². The summed E-state index contributed by atoms with van der Waals surface area (Å²) in [5.41, 5.74) is 8.11. The molecule has 3 aliphatic heterocycles. The molecule has 3 aliphatic rings. The minimum Gasteiger partial charge on any atom is -0.857 e. The van der Waals surface area contributed by atoms with Crippen LogP contribution in [0.1, 0.15) is 5.69 Å². The number of hydrogen-bond donors (Lipinski definition) is 3. The largest absolute Gasteiger partial charge is 1.00 e. The van der Waals surface area contributed by atoms with Gasteiger partial charge in [-0.1, -0.05) is 16.9 Å². The molecule has 1 fully saturated rings. The van der Waals surface area contributed by atoms with E-state index in [9.17, 15) is 29.7 Å². The molecule has 20 heteroatoms. The van der Waals surface area contributed by atoms with Gasteiger partial charge in [-0.25, -0.2) is 15.2 Å². The van der Waals surface area contributed by atoms with Crippen LogP contribution in [0.15, 0.2) is 31.8 Å². The van der Waals surface area contributed by atoms with E-state index in [4.69, 9.17) is 10.6 Å². The standard InChI is InChI=1S/C18H19N8O7S3.2Na/c1-25-18(22-12(28)13(29)23-25)36-4-6-3-34-15-9(14(30)26(15)10(6)16(31)32)21-11(27)8(24-33-2)7-5-35-17(19)20-7;;/h5,9,13,15,23H,3-4H2,1-2H3,(H2,19,20)(H,21,27)(H,31,32);;/q-1;2*+1/p-1/b24-8+;;/t9-,13?,15-;;/m1../s1. The molecule has 0 spiro atoms. The van der Waals surface area contributed by atoms with Crippen molar-refractivity contribution in [2.75, 3.05) is 31.4 Å². The Bertz CT molecular complexity index is 1240. The Morgan fingerprint density at radius 2 is 2.13 bits per heavy atom. The molecule has 0 aliphatic carbocycles. The van der Waals surface area contributed by atoms with Crippen LogP contribution in [0.25, 0.3) is 0 Å². The second kappa shape index (κ2) is 13.9. The Morgan fingerprint density at radius 3 is 2.74 bits per heavy atom. The topological polar surface area (TPSA) is 221 Å². The van der Waals surface area contributed by atoms with E-state index in [0.29, 0.717) is 5.57 Å². The molecule has 38 heavy (non-hydrogen) atoms. The van der Waals surface area contributed by atoms with Gasteiger partial charge in [-0.2, -0.15) is 4.99 Å². The van der Waals surface area contributed by atoms with Crippen molar-refractivity contribution < 1.29 is 93.7 Å². The number of thioether (sulfide) groups is 2. The monoisotopic (exact) mass is 600 g/mol. The summed E-state index contributed by atoms with van der Waals surface area (Å²) in [6.45, 7) is 0. The van der Waals surface area contributed by atoms with Gasteiger partial charge in [-0.05, 0) is 5.57 Å². The fourth-order valence-electron chi connectivity index (χ4n) is 3.43. The van der Waals surface area contributed by atoms with E-state index in [1.165, 1.54) is 36.3 Å². The van der Waals surface area contributed by atoms with Crippen molar-refractivity contribution in [2.45, 2.75) is 17.6 Å². The molecule has 4 heterocycles. The van der Waals surface area contributed by atoms with Gasteiger partial charge in [-0.3, -0.25) is 24.5 Å². The minimum atomic E-state index is -1.71. The number of nitrogens with two attached hydrogens (primary N) is 1. The smallest absolute Gasteiger partial charge is 0.857 e. The van der Waals surface area contributed by atoms with Gasteiger partial charge in [0.1, 0.15) is 29.6 Å². The number of nitrogens with one attached hydrogen (secondary N) is 1. The summed E-state index contributed by atoms with van der Waals surface area (Å²) in [5.74, 6) is -3.38.